The summed E-state index contributed by atoms with van der Waals surface area (Å²) in [6, 6.07) is 20.4. The number of benzene rings is 3. The minimum atomic E-state index is -1.69. The van der Waals surface area contributed by atoms with Crippen LogP contribution < -0.4 is 24.7 Å². The molecular weight excluding hydrogens is 448 g/mol. The van der Waals surface area contributed by atoms with Crippen LogP contribution in [0.3, 0.4) is 0 Å². The number of fused-ring (bicyclic) bond motifs is 5. The van der Waals surface area contributed by atoms with Crippen LogP contribution in [0, 0.1) is 0 Å². The van der Waals surface area contributed by atoms with Crippen LogP contribution in [0.15, 0.2) is 71.7 Å². The summed E-state index contributed by atoms with van der Waals surface area (Å²) in [6.07, 6.45) is -0.807. The predicted molar refractivity (Wildman–Crippen MR) is 128 cm³/mol. The third-order valence-corrected chi connectivity index (χ3v) is 7.42. The number of nitrogens with two attached hydrogens (primary N) is 1. The van der Waals surface area contributed by atoms with Gasteiger partial charge in [0.25, 0.3) is 6.02 Å². The Balaban J connectivity index is 1.69. The molecule has 5 unspecified atom stereocenters. The monoisotopic (exact) mass is 474 g/mol. The predicted octanol–water partition coefficient (Wildman–Crippen LogP) is 3.07. The summed E-state index contributed by atoms with van der Waals surface area (Å²) in [5.74, 6) is 1.68. The molecule has 3 aromatic rings. The van der Waals surface area contributed by atoms with Crippen LogP contribution in [0.2, 0.25) is 0 Å². The van der Waals surface area contributed by atoms with Crippen molar-refractivity contribution in [3.8, 4) is 23.0 Å². The third kappa shape index (κ3) is 2.68. The standard InChI is InChI=1S/C27H26N2O6/c1-31-17-11-9-16(10-12-17)27-21(15-7-5-4-6-8-15)23-24(34-25(28)29-23)26(27,30)22-19(33-3)13-18(32-2)14-20(22)35-27/h4-14,21,23-24,30H,1-3H3,(H2,28,29). The Hall–Kier alpha value is -3.91. The maximum Gasteiger partial charge on any atom is 0.282 e. The zero-order valence-corrected chi connectivity index (χ0v) is 19.6. The zero-order valence-electron chi connectivity index (χ0n) is 19.6. The second-order valence-corrected chi connectivity index (χ2v) is 8.92. The zero-order chi connectivity index (χ0) is 24.4. The number of hydrogen-bond acceptors (Lipinski definition) is 8. The van der Waals surface area contributed by atoms with Gasteiger partial charge in [-0.1, -0.05) is 42.5 Å². The Morgan fingerprint density at radius 2 is 1.63 bits per heavy atom. The minimum Gasteiger partial charge on any atom is -0.497 e. The lowest BCUT2D eigenvalue weighted by Crippen LogP contribution is -2.53. The van der Waals surface area contributed by atoms with Crippen molar-refractivity contribution in [2.24, 2.45) is 10.7 Å². The molecule has 6 rings (SSSR count). The molecule has 2 aliphatic heterocycles. The maximum absolute atomic E-state index is 12.9. The molecule has 1 aliphatic carbocycles. The first-order valence-electron chi connectivity index (χ1n) is 11.3. The molecule has 0 bridgehead atoms. The van der Waals surface area contributed by atoms with Crippen molar-refractivity contribution in [2.45, 2.75) is 29.3 Å². The molecule has 0 amide bonds. The normalized spacial score (nSPS) is 29.8. The first-order valence-corrected chi connectivity index (χ1v) is 11.3. The number of methoxy groups -OCH3 is 3. The van der Waals surface area contributed by atoms with E-state index in [2.05, 4.69) is 4.99 Å². The average molecular weight is 475 g/mol. The summed E-state index contributed by atoms with van der Waals surface area (Å²) in [5, 5.41) is 12.9. The number of ether oxygens (including phenoxy) is 5. The molecule has 3 N–H and O–H groups in total. The number of aliphatic imine (C=N–C) groups is 1. The van der Waals surface area contributed by atoms with E-state index in [9.17, 15) is 5.11 Å². The first-order chi connectivity index (χ1) is 17.0. The lowest BCUT2D eigenvalue weighted by molar-refractivity contribution is -0.145. The van der Waals surface area contributed by atoms with Crippen molar-refractivity contribution in [1.82, 2.24) is 0 Å². The van der Waals surface area contributed by atoms with E-state index in [4.69, 9.17) is 29.4 Å². The quantitative estimate of drug-likeness (QED) is 0.586. The average Bonchev–Trinajstić information content (AvgIpc) is 3.46. The van der Waals surface area contributed by atoms with Crippen LogP contribution in [0.25, 0.3) is 0 Å². The van der Waals surface area contributed by atoms with Gasteiger partial charge in [0.05, 0.1) is 32.8 Å². The van der Waals surface area contributed by atoms with Crippen molar-refractivity contribution in [1.29, 1.82) is 0 Å². The molecule has 1 fully saturated rings. The molecule has 5 atom stereocenters. The highest BCUT2D eigenvalue weighted by Gasteiger charge is 2.79. The minimum absolute atomic E-state index is 0.0404. The van der Waals surface area contributed by atoms with Gasteiger partial charge in [0.2, 0.25) is 0 Å². The number of nitrogens with zero attached hydrogens (tertiary/aromatic N) is 1. The summed E-state index contributed by atoms with van der Waals surface area (Å²) < 4.78 is 29.5. The number of aliphatic hydroxyl groups is 1. The summed E-state index contributed by atoms with van der Waals surface area (Å²) in [4.78, 5) is 4.64. The molecule has 35 heavy (non-hydrogen) atoms. The maximum atomic E-state index is 12.9. The highest BCUT2D eigenvalue weighted by Crippen LogP contribution is 2.70. The Morgan fingerprint density at radius 3 is 2.29 bits per heavy atom. The van der Waals surface area contributed by atoms with Crippen LogP contribution in [0.1, 0.15) is 22.6 Å². The highest BCUT2D eigenvalue weighted by molar-refractivity contribution is 5.76. The Morgan fingerprint density at radius 1 is 0.914 bits per heavy atom. The molecule has 3 aliphatic rings. The fourth-order valence-corrected chi connectivity index (χ4v) is 6.05. The van der Waals surface area contributed by atoms with Crippen LogP contribution >= 0.6 is 0 Å². The van der Waals surface area contributed by atoms with Gasteiger partial charge in [-0.15, -0.1) is 0 Å². The topological polar surface area (TPSA) is 105 Å². The van der Waals surface area contributed by atoms with E-state index in [0.29, 0.717) is 28.6 Å². The van der Waals surface area contributed by atoms with E-state index in [1.165, 1.54) is 0 Å². The smallest absolute Gasteiger partial charge is 0.282 e. The Labute approximate surface area is 202 Å². The van der Waals surface area contributed by atoms with E-state index in [0.717, 1.165) is 11.1 Å². The van der Waals surface area contributed by atoms with E-state index in [-0.39, 0.29) is 6.02 Å². The van der Waals surface area contributed by atoms with Crippen molar-refractivity contribution in [3.63, 3.8) is 0 Å². The van der Waals surface area contributed by atoms with Crippen LogP contribution in [-0.4, -0.2) is 44.6 Å². The van der Waals surface area contributed by atoms with Gasteiger partial charge in [-0.2, -0.15) is 0 Å². The van der Waals surface area contributed by atoms with Crippen LogP contribution in [-0.2, 0) is 15.9 Å². The molecule has 0 radical (unpaired) electrons. The molecule has 2 heterocycles. The van der Waals surface area contributed by atoms with Gasteiger partial charge >= 0.3 is 0 Å². The van der Waals surface area contributed by atoms with Crippen molar-refractivity contribution >= 4 is 6.02 Å². The molecule has 8 heteroatoms. The molecule has 8 nitrogen and oxygen atoms in total. The summed E-state index contributed by atoms with van der Waals surface area (Å²) in [5.41, 5.74) is 5.25. The molecule has 0 spiro atoms. The Kier molecular flexibility index (Phi) is 4.66. The number of rotatable bonds is 5. The fourth-order valence-electron chi connectivity index (χ4n) is 6.05. The van der Waals surface area contributed by atoms with Gasteiger partial charge in [-0.3, -0.25) is 0 Å². The van der Waals surface area contributed by atoms with E-state index < -0.39 is 29.3 Å². The summed E-state index contributed by atoms with van der Waals surface area (Å²) >= 11 is 0. The molecule has 180 valence electrons. The van der Waals surface area contributed by atoms with Crippen LogP contribution in [0.5, 0.6) is 23.0 Å². The van der Waals surface area contributed by atoms with Gasteiger partial charge in [0.1, 0.15) is 29.0 Å². The van der Waals surface area contributed by atoms with Crippen LogP contribution in [0.4, 0.5) is 0 Å². The van der Waals surface area contributed by atoms with E-state index in [1.54, 1.807) is 33.5 Å². The van der Waals surface area contributed by atoms with Gasteiger partial charge in [0, 0.05) is 12.1 Å². The number of hydrogen-bond donors (Lipinski definition) is 2. The molecule has 0 saturated heterocycles. The van der Waals surface area contributed by atoms with Gasteiger partial charge in [0.15, 0.2) is 17.3 Å². The van der Waals surface area contributed by atoms with E-state index in [1.807, 2.05) is 54.6 Å². The largest absolute Gasteiger partial charge is 0.497 e. The van der Waals surface area contributed by atoms with Gasteiger partial charge in [-0.05, 0) is 23.3 Å². The lowest BCUT2D eigenvalue weighted by Gasteiger charge is -2.41. The van der Waals surface area contributed by atoms with Gasteiger partial charge in [-0.25, -0.2) is 4.99 Å². The second kappa shape index (κ2) is 7.55. The first kappa shape index (κ1) is 21.6. The molecular formula is C27H26N2O6. The number of amidine groups is 1. The van der Waals surface area contributed by atoms with E-state index >= 15 is 0 Å². The third-order valence-electron chi connectivity index (χ3n) is 7.42. The summed E-state index contributed by atoms with van der Waals surface area (Å²) in [7, 11) is 4.73. The second-order valence-electron chi connectivity index (χ2n) is 8.92. The highest BCUT2D eigenvalue weighted by atomic mass is 16.6. The van der Waals surface area contributed by atoms with Crippen molar-refractivity contribution < 1.29 is 28.8 Å². The summed E-state index contributed by atoms with van der Waals surface area (Å²) in [6.45, 7) is 0. The molecule has 3 aromatic carbocycles. The van der Waals surface area contributed by atoms with Gasteiger partial charge < -0.3 is 34.5 Å². The SMILES string of the molecule is COc1ccc(C23Oc4cc(OC)cc(OC)c4C2(O)C2OC(N)=NC2C3c2ccccc2)cc1. The fraction of sp³-hybridized carbons (Fsp3) is 0.296. The Bertz CT molecular complexity index is 1310. The van der Waals surface area contributed by atoms with Crippen molar-refractivity contribution in [2.75, 3.05) is 21.3 Å². The van der Waals surface area contributed by atoms with Crippen molar-refractivity contribution in [3.05, 3.63) is 83.4 Å². The lowest BCUT2D eigenvalue weighted by atomic mass is 9.71. The molecule has 0 aromatic heterocycles. The molecule has 1 saturated carbocycles.